The summed E-state index contributed by atoms with van der Waals surface area (Å²) >= 11 is 6.85. The number of anilines is 1. The number of carbonyl (C=O) groups is 2. The third-order valence-electron chi connectivity index (χ3n) is 8.84. The van der Waals surface area contributed by atoms with Crippen LogP contribution in [-0.2, 0) is 13.1 Å². The minimum Gasteiger partial charge on any atom is -0.395 e. The Morgan fingerprint density at radius 3 is 2.36 bits per heavy atom. The Labute approximate surface area is 261 Å². The summed E-state index contributed by atoms with van der Waals surface area (Å²) < 4.78 is 2.04. The summed E-state index contributed by atoms with van der Waals surface area (Å²) in [5.74, 6) is -0.196. The molecule has 0 spiro atoms. The van der Waals surface area contributed by atoms with E-state index in [-0.39, 0.29) is 18.4 Å². The Bertz CT molecular complexity index is 1870. The molecular weight excluding hydrogens is 572 g/mol. The van der Waals surface area contributed by atoms with E-state index in [1.54, 1.807) is 4.90 Å². The molecule has 44 heavy (non-hydrogen) atoms. The molecule has 1 aromatic heterocycles. The van der Waals surface area contributed by atoms with Crippen molar-refractivity contribution in [1.82, 2.24) is 14.4 Å². The molecule has 222 valence electrons. The van der Waals surface area contributed by atoms with Gasteiger partial charge in [-0.2, -0.15) is 0 Å². The van der Waals surface area contributed by atoms with Gasteiger partial charge in [0.05, 0.1) is 30.3 Å². The van der Waals surface area contributed by atoms with E-state index in [9.17, 15) is 14.7 Å². The van der Waals surface area contributed by atoms with E-state index >= 15 is 0 Å². The van der Waals surface area contributed by atoms with Crippen molar-refractivity contribution in [2.45, 2.75) is 13.1 Å². The van der Waals surface area contributed by atoms with Gasteiger partial charge >= 0.3 is 0 Å². The van der Waals surface area contributed by atoms with Gasteiger partial charge in [-0.3, -0.25) is 14.5 Å². The number of carbonyl (C=O) groups excluding carboxylic acids is 2. The van der Waals surface area contributed by atoms with Crippen LogP contribution in [0.1, 0.15) is 32.1 Å². The highest BCUT2D eigenvalue weighted by Crippen LogP contribution is 2.35. The standard InChI is InChI=1S/C36H33ClN4O3/c37-32-22-26(30-10-5-8-25-6-1-3-9-29(25)30)12-14-31(32)35(43)41-24-28-13-15-34(40(28)23-27-7-2-4-11-33(27)41)36(44)39-18-16-38(17-19-39)20-21-42/h1-15,22,42H,16-21,23-24H2. The second-order valence-corrected chi connectivity index (χ2v) is 11.8. The molecule has 0 bridgehead atoms. The van der Waals surface area contributed by atoms with E-state index in [1.807, 2.05) is 82.3 Å². The Morgan fingerprint density at radius 2 is 1.55 bits per heavy atom. The molecule has 2 aliphatic heterocycles. The average Bonchev–Trinajstić information content (AvgIpc) is 3.37. The Morgan fingerprint density at radius 1 is 0.773 bits per heavy atom. The largest absolute Gasteiger partial charge is 0.395 e. The fourth-order valence-corrected chi connectivity index (χ4v) is 6.75. The van der Waals surface area contributed by atoms with Crippen LogP contribution in [0.4, 0.5) is 5.69 Å². The van der Waals surface area contributed by atoms with Crippen molar-refractivity contribution >= 4 is 39.9 Å². The zero-order chi connectivity index (χ0) is 30.2. The summed E-state index contributed by atoms with van der Waals surface area (Å²) in [5, 5.41) is 11.9. The summed E-state index contributed by atoms with van der Waals surface area (Å²) in [6.45, 7) is 4.27. The maximum atomic E-state index is 14.2. The number of aromatic nitrogens is 1. The number of halogens is 1. The van der Waals surface area contributed by atoms with Crippen LogP contribution < -0.4 is 4.90 Å². The van der Waals surface area contributed by atoms with Gasteiger partial charge in [-0.15, -0.1) is 0 Å². The molecule has 1 fully saturated rings. The number of para-hydroxylation sites is 1. The summed E-state index contributed by atoms with van der Waals surface area (Å²) in [4.78, 5) is 33.7. The molecule has 7 rings (SSSR count). The molecule has 2 aliphatic rings. The Balaban J connectivity index is 1.19. The van der Waals surface area contributed by atoms with Crippen LogP contribution in [0.25, 0.3) is 21.9 Å². The lowest BCUT2D eigenvalue weighted by atomic mass is 9.97. The SMILES string of the molecule is O=C(c1ccc2n1Cc1ccccc1N(C(=O)c1ccc(-c3cccc4ccccc34)cc1Cl)C2)N1CCN(CCO)CC1. The maximum Gasteiger partial charge on any atom is 0.270 e. The second-order valence-electron chi connectivity index (χ2n) is 11.4. The smallest absolute Gasteiger partial charge is 0.270 e. The molecule has 4 aromatic carbocycles. The van der Waals surface area contributed by atoms with Crippen LogP contribution in [-0.4, -0.2) is 70.6 Å². The summed E-state index contributed by atoms with van der Waals surface area (Å²) in [6.07, 6.45) is 0. The number of hydrogen-bond donors (Lipinski definition) is 1. The average molecular weight is 605 g/mol. The van der Waals surface area contributed by atoms with Crippen molar-refractivity contribution in [2.24, 2.45) is 0 Å². The van der Waals surface area contributed by atoms with Crippen LogP contribution in [0.15, 0.2) is 97.1 Å². The Hall–Kier alpha value is -4.43. The van der Waals surface area contributed by atoms with Gasteiger partial charge in [-0.25, -0.2) is 0 Å². The minimum absolute atomic E-state index is 0.00998. The van der Waals surface area contributed by atoms with Crippen LogP contribution in [0, 0.1) is 0 Å². The number of benzene rings is 4. The third-order valence-corrected chi connectivity index (χ3v) is 9.15. The van der Waals surface area contributed by atoms with E-state index < -0.39 is 0 Å². The molecule has 0 atom stereocenters. The summed E-state index contributed by atoms with van der Waals surface area (Å²) in [5.41, 5.74) is 5.73. The van der Waals surface area contributed by atoms with E-state index in [0.29, 0.717) is 49.0 Å². The van der Waals surface area contributed by atoms with Gasteiger partial charge in [0.25, 0.3) is 11.8 Å². The summed E-state index contributed by atoms with van der Waals surface area (Å²) in [7, 11) is 0. The fraction of sp³-hybridized carbons (Fsp3) is 0.222. The highest BCUT2D eigenvalue weighted by Gasteiger charge is 2.30. The number of β-amino-alcohol motifs (C(OH)–C–C–N with tert-alkyl or cyclic N) is 1. The molecule has 3 heterocycles. The number of aliphatic hydroxyl groups is 1. The van der Waals surface area contributed by atoms with Gasteiger partial charge in [0.2, 0.25) is 0 Å². The number of rotatable bonds is 5. The van der Waals surface area contributed by atoms with Gasteiger partial charge in [0.1, 0.15) is 5.69 Å². The van der Waals surface area contributed by atoms with Gasteiger partial charge in [-0.05, 0) is 57.8 Å². The highest BCUT2D eigenvalue weighted by molar-refractivity contribution is 6.35. The lowest BCUT2D eigenvalue weighted by Gasteiger charge is -2.34. The molecular formula is C36H33ClN4O3. The van der Waals surface area contributed by atoms with Crippen molar-refractivity contribution in [3.05, 3.63) is 125 Å². The number of fused-ring (bicyclic) bond motifs is 3. The predicted molar refractivity (Wildman–Crippen MR) is 174 cm³/mol. The minimum atomic E-state index is -0.186. The summed E-state index contributed by atoms with van der Waals surface area (Å²) in [6, 6.07) is 31.8. The van der Waals surface area contributed by atoms with Crippen molar-refractivity contribution in [3.63, 3.8) is 0 Å². The first-order valence-corrected chi connectivity index (χ1v) is 15.4. The molecule has 2 amide bonds. The lowest BCUT2D eigenvalue weighted by Crippen LogP contribution is -2.49. The van der Waals surface area contributed by atoms with Gasteiger partial charge in [0.15, 0.2) is 0 Å². The second kappa shape index (κ2) is 11.9. The number of amides is 2. The molecule has 1 saturated heterocycles. The highest BCUT2D eigenvalue weighted by atomic mass is 35.5. The zero-order valence-electron chi connectivity index (χ0n) is 24.3. The van der Waals surface area contributed by atoms with Gasteiger partial charge in [-0.1, -0.05) is 78.3 Å². The van der Waals surface area contributed by atoms with Crippen molar-refractivity contribution < 1.29 is 14.7 Å². The van der Waals surface area contributed by atoms with E-state index in [2.05, 4.69) is 29.2 Å². The molecule has 1 N–H and O–H groups in total. The predicted octanol–water partition coefficient (Wildman–Crippen LogP) is 5.92. The molecule has 0 aliphatic carbocycles. The molecule has 7 nitrogen and oxygen atoms in total. The van der Waals surface area contributed by atoms with Crippen LogP contribution >= 0.6 is 11.6 Å². The third kappa shape index (κ3) is 5.17. The quantitative estimate of drug-likeness (QED) is 0.270. The fourth-order valence-electron chi connectivity index (χ4n) is 6.48. The van der Waals surface area contributed by atoms with Crippen molar-refractivity contribution in [2.75, 3.05) is 44.2 Å². The van der Waals surface area contributed by atoms with Gasteiger partial charge in [0, 0.05) is 44.1 Å². The first-order chi connectivity index (χ1) is 21.5. The first-order valence-electron chi connectivity index (χ1n) is 15.0. The number of aliphatic hydroxyl groups excluding tert-OH is 1. The molecule has 0 radical (unpaired) electrons. The van der Waals surface area contributed by atoms with Crippen LogP contribution in [0.3, 0.4) is 0 Å². The van der Waals surface area contributed by atoms with Crippen LogP contribution in [0.2, 0.25) is 5.02 Å². The first kappa shape index (κ1) is 28.3. The van der Waals surface area contributed by atoms with Crippen LogP contribution in [0.5, 0.6) is 0 Å². The van der Waals surface area contributed by atoms with Gasteiger partial charge < -0.3 is 19.5 Å². The van der Waals surface area contributed by atoms with Crippen molar-refractivity contribution in [3.8, 4) is 11.1 Å². The number of nitrogens with zero attached hydrogens (tertiary/aromatic N) is 4. The zero-order valence-corrected chi connectivity index (χ0v) is 25.1. The Kier molecular flexibility index (Phi) is 7.68. The molecule has 0 saturated carbocycles. The topological polar surface area (TPSA) is 69.0 Å². The monoisotopic (exact) mass is 604 g/mol. The molecule has 8 heteroatoms. The maximum absolute atomic E-state index is 14.2. The van der Waals surface area contributed by atoms with E-state index in [1.165, 1.54) is 0 Å². The normalized spacial score (nSPS) is 15.1. The number of hydrogen-bond acceptors (Lipinski definition) is 4. The lowest BCUT2D eigenvalue weighted by molar-refractivity contribution is 0.0605. The van der Waals surface area contributed by atoms with Crippen molar-refractivity contribution in [1.29, 1.82) is 0 Å². The number of piperazine rings is 1. The molecule has 5 aromatic rings. The van der Waals surface area contributed by atoms with E-state index in [0.717, 1.165) is 51.9 Å². The molecule has 0 unspecified atom stereocenters. The van der Waals surface area contributed by atoms with E-state index in [4.69, 9.17) is 11.6 Å².